The summed E-state index contributed by atoms with van der Waals surface area (Å²) in [6, 6.07) is 7.11. The number of piperazine rings is 1. The van der Waals surface area contributed by atoms with E-state index in [0.29, 0.717) is 12.2 Å². The van der Waals surface area contributed by atoms with Gasteiger partial charge in [-0.05, 0) is 24.6 Å². The van der Waals surface area contributed by atoms with Crippen molar-refractivity contribution in [1.29, 1.82) is 0 Å². The number of carbonyl (C=O) groups is 2. The molecule has 23 heavy (non-hydrogen) atoms. The van der Waals surface area contributed by atoms with E-state index >= 15 is 0 Å². The number of aryl methyl sites for hydroxylation is 1. The number of carbonyl (C=O) groups excluding carboxylic acids is 2. The molecule has 1 aliphatic heterocycles. The lowest BCUT2D eigenvalue weighted by Crippen LogP contribution is -2.47. The number of rotatable bonds is 6. The van der Waals surface area contributed by atoms with E-state index in [4.69, 9.17) is 0 Å². The Hall–Kier alpha value is -2.12. The van der Waals surface area contributed by atoms with E-state index in [9.17, 15) is 9.59 Å². The van der Waals surface area contributed by atoms with Crippen molar-refractivity contribution in [2.45, 2.75) is 6.92 Å². The van der Waals surface area contributed by atoms with Crippen LogP contribution in [0.3, 0.4) is 0 Å². The first-order valence-electron chi connectivity index (χ1n) is 7.95. The predicted molar refractivity (Wildman–Crippen MR) is 90.5 cm³/mol. The Bertz CT molecular complexity index is 529. The van der Waals surface area contributed by atoms with Gasteiger partial charge < -0.3 is 21.3 Å². The minimum Gasteiger partial charge on any atom is -0.353 e. The Balaban J connectivity index is 1.59. The van der Waals surface area contributed by atoms with Gasteiger partial charge in [0.2, 0.25) is 5.91 Å². The van der Waals surface area contributed by atoms with Crippen molar-refractivity contribution in [1.82, 2.24) is 20.9 Å². The van der Waals surface area contributed by atoms with Crippen LogP contribution in [0.5, 0.6) is 0 Å². The first-order valence-corrected chi connectivity index (χ1v) is 7.95. The van der Waals surface area contributed by atoms with Gasteiger partial charge in [0.25, 0.3) is 0 Å². The van der Waals surface area contributed by atoms with Gasteiger partial charge >= 0.3 is 6.03 Å². The second-order valence-corrected chi connectivity index (χ2v) is 5.62. The van der Waals surface area contributed by atoms with Crippen LogP contribution in [0.4, 0.5) is 10.5 Å². The fourth-order valence-corrected chi connectivity index (χ4v) is 2.41. The summed E-state index contributed by atoms with van der Waals surface area (Å²) in [5.74, 6) is -0.181. The summed E-state index contributed by atoms with van der Waals surface area (Å²) in [7, 11) is 0. The highest BCUT2D eigenvalue weighted by Crippen LogP contribution is 2.08. The van der Waals surface area contributed by atoms with Crippen molar-refractivity contribution in [3.8, 4) is 0 Å². The van der Waals surface area contributed by atoms with Crippen LogP contribution >= 0.6 is 0 Å². The highest BCUT2D eigenvalue weighted by atomic mass is 16.2. The molecule has 2 rings (SSSR count). The van der Waals surface area contributed by atoms with Crippen LogP contribution in [-0.4, -0.2) is 62.7 Å². The summed E-state index contributed by atoms with van der Waals surface area (Å²) >= 11 is 0. The lowest BCUT2D eigenvalue weighted by molar-refractivity contribution is -0.120. The molecule has 1 aliphatic rings. The number of amides is 3. The average Bonchev–Trinajstić information content (AvgIpc) is 2.54. The lowest BCUT2D eigenvalue weighted by Gasteiger charge is -2.27. The van der Waals surface area contributed by atoms with Crippen LogP contribution in [0.1, 0.15) is 5.56 Å². The van der Waals surface area contributed by atoms with Gasteiger partial charge in [-0.25, -0.2) is 4.79 Å². The molecular weight excluding hydrogens is 294 g/mol. The summed E-state index contributed by atoms with van der Waals surface area (Å²) in [4.78, 5) is 25.7. The molecule has 0 aliphatic carbocycles. The van der Waals surface area contributed by atoms with Gasteiger partial charge in [-0.15, -0.1) is 0 Å². The molecule has 0 aromatic heterocycles. The fraction of sp³-hybridized carbons (Fsp3) is 0.500. The summed E-state index contributed by atoms with van der Waals surface area (Å²) in [5, 5.41) is 11.4. The van der Waals surface area contributed by atoms with Gasteiger partial charge in [-0.1, -0.05) is 12.1 Å². The second kappa shape index (κ2) is 9.12. The second-order valence-electron chi connectivity index (χ2n) is 5.62. The molecule has 1 aromatic carbocycles. The molecule has 3 amide bonds. The molecule has 0 atom stereocenters. The summed E-state index contributed by atoms with van der Waals surface area (Å²) in [6.07, 6.45) is 0. The monoisotopic (exact) mass is 319 g/mol. The maximum absolute atomic E-state index is 11.7. The summed E-state index contributed by atoms with van der Waals surface area (Å²) in [5.41, 5.74) is 1.77. The highest BCUT2D eigenvalue weighted by molar-refractivity contribution is 5.92. The van der Waals surface area contributed by atoms with Gasteiger partial charge in [-0.3, -0.25) is 9.69 Å². The first kappa shape index (κ1) is 17.2. The molecule has 7 heteroatoms. The molecule has 0 spiro atoms. The molecule has 1 fully saturated rings. The topological polar surface area (TPSA) is 85.5 Å². The number of nitrogens with zero attached hydrogens (tertiary/aromatic N) is 1. The van der Waals surface area contributed by atoms with Crippen molar-refractivity contribution in [3.63, 3.8) is 0 Å². The number of nitrogens with one attached hydrogen (secondary N) is 4. The molecule has 4 N–H and O–H groups in total. The number of anilines is 1. The highest BCUT2D eigenvalue weighted by Gasteiger charge is 2.10. The van der Waals surface area contributed by atoms with Crippen molar-refractivity contribution >= 4 is 17.6 Å². The summed E-state index contributed by atoms with van der Waals surface area (Å²) < 4.78 is 0. The number of hydrogen-bond donors (Lipinski definition) is 4. The largest absolute Gasteiger partial charge is 0.353 e. The maximum atomic E-state index is 11.7. The Kier molecular flexibility index (Phi) is 6.83. The van der Waals surface area contributed by atoms with E-state index in [1.807, 2.05) is 25.1 Å². The van der Waals surface area contributed by atoms with Crippen LogP contribution in [0, 0.1) is 6.92 Å². The Morgan fingerprint density at radius 1 is 1.22 bits per heavy atom. The molecule has 1 aromatic rings. The molecule has 0 bridgehead atoms. The summed E-state index contributed by atoms with van der Waals surface area (Å²) in [6.45, 7) is 7.36. The third-order valence-corrected chi connectivity index (χ3v) is 3.65. The van der Waals surface area contributed by atoms with Crippen LogP contribution in [0.25, 0.3) is 0 Å². The van der Waals surface area contributed by atoms with Gasteiger partial charge in [0.1, 0.15) is 0 Å². The third kappa shape index (κ3) is 6.66. The van der Waals surface area contributed by atoms with E-state index in [-0.39, 0.29) is 18.5 Å². The van der Waals surface area contributed by atoms with Gasteiger partial charge in [-0.2, -0.15) is 0 Å². The van der Waals surface area contributed by atoms with E-state index in [1.165, 1.54) is 0 Å². The predicted octanol–water partition coefficient (Wildman–Crippen LogP) is 0.138. The van der Waals surface area contributed by atoms with Crippen LogP contribution in [-0.2, 0) is 4.79 Å². The molecule has 1 saturated heterocycles. The molecule has 1 heterocycles. The van der Waals surface area contributed by atoms with Crippen molar-refractivity contribution in [2.75, 3.05) is 51.1 Å². The van der Waals surface area contributed by atoms with Crippen LogP contribution in [0.15, 0.2) is 24.3 Å². The normalized spacial score (nSPS) is 15.0. The molecular formula is C16H25N5O2. The van der Waals surface area contributed by atoms with Crippen LogP contribution in [0.2, 0.25) is 0 Å². The van der Waals surface area contributed by atoms with Crippen molar-refractivity contribution in [2.24, 2.45) is 0 Å². The fourth-order valence-electron chi connectivity index (χ4n) is 2.41. The Morgan fingerprint density at radius 2 is 2.00 bits per heavy atom. The quantitative estimate of drug-likeness (QED) is 0.601. The number of urea groups is 1. The maximum Gasteiger partial charge on any atom is 0.319 e. The molecule has 0 saturated carbocycles. The smallest absolute Gasteiger partial charge is 0.319 e. The third-order valence-electron chi connectivity index (χ3n) is 3.65. The number of benzene rings is 1. The molecule has 0 unspecified atom stereocenters. The Labute approximate surface area is 136 Å². The first-order chi connectivity index (χ1) is 11.1. The zero-order valence-corrected chi connectivity index (χ0v) is 13.5. The SMILES string of the molecule is Cc1cccc(NC(=O)NCC(=O)NCCN2CCNCC2)c1. The minimum absolute atomic E-state index is 0.0286. The molecule has 7 nitrogen and oxygen atoms in total. The Morgan fingerprint density at radius 3 is 2.74 bits per heavy atom. The zero-order valence-electron chi connectivity index (χ0n) is 13.5. The minimum atomic E-state index is -0.382. The zero-order chi connectivity index (χ0) is 16.5. The lowest BCUT2D eigenvalue weighted by atomic mass is 10.2. The van der Waals surface area contributed by atoms with E-state index < -0.39 is 0 Å². The number of hydrogen-bond acceptors (Lipinski definition) is 4. The standard InChI is InChI=1S/C16H25N5O2/c1-13-3-2-4-14(11-13)20-16(23)19-12-15(22)18-7-10-21-8-5-17-6-9-21/h2-4,11,17H,5-10,12H2,1H3,(H,18,22)(H2,19,20,23). The van der Waals surface area contributed by atoms with Gasteiger partial charge in [0, 0.05) is 45.0 Å². The van der Waals surface area contributed by atoms with Crippen molar-refractivity contribution in [3.05, 3.63) is 29.8 Å². The average molecular weight is 319 g/mol. The van der Waals surface area contributed by atoms with Crippen molar-refractivity contribution < 1.29 is 9.59 Å². The van der Waals surface area contributed by atoms with E-state index in [0.717, 1.165) is 38.3 Å². The van der Waals surface area contributed by atoms with E-state index in [2.05, 4.69) is 26.2 Å². The van der Waals surface area contributed by atoms with E-state index in [1.54, 1.807) is 6.07 Å². The molecule has 126 valence electrons. The van der Waals surface area contributed by atoms with Gasteiger partial charge in [0.05, 0.1) is 6.54 Å². The molecule has 0 radical (unpaired) electrons. The van der Waals surface area contributed by atoms with Gasteiger partial charge in [0.15, 0.2) is 0 Å². The van der Waals surface area contributed by atoms with Crippen LogP contribution < -0.4 is 21.3 Å².